The molecule has 0 aliphatic heterocycles. The van der Waals surface area contributed by atoms with Crippen molar-refractivity contribution in [2.24, 2.45) is 0 Å². The number of amides is 1. The fourth-order valence-corrected chi connectivity index (χ4v) is 2.68. The van der Waals surface area contributed by atoms with Crippen LogP contribution >= 0.6 is 11.6 Å². The van der Waals surface area contributed by atoms with Crippen molar-refractivity contribution in [1.82, 2.24) is 14.7 Å². The summed E-state index contributed by atoms with van der Waals surface area (Å²) in [5, 5.41) is 13.6. The van der Waals surface area contributed by atoms with Crippen LogP contribution in [0.2, 0.25) is 5.02 Å². The lowest BCUT2D eigenvalue weighted by molar-refractivity contribution is -0.137. The first-order chi connectivity index (χ1) is 11.4. The summed E-state index contributed by atoms with van der Waals surface area (Å²) < 4.78 is 1.71. The van der Waals surface area contributed by atoms with E-state index in [1.165, 1.54) is 4.90 Å². The van der Waals surface area contributed by atoms with Gasteiger partial charge in [0.25, 0.3) is 5.91 Å². The number of nitrogens with zero attached hydrogens (tertiary/aromatic N) is 3. The van der Waals surface area contributed by atoms with Gasteiger partial charge in [-0.15, -0.1) is 0 Å². The number of hydrogen-bond donors (Lipinski definition) is 1. The lowest BCUT2D eigenvalue weighted by Gasteiger charge is -2.17. The van der Waals surface area contributed by atoms with E-state index >= 15 is 0 Å². The van der Waals surface area contributed by atoms with E-state index in [1.54, 1.807) is 30.1 Å². The second kappa shape index (κ2) is 7.97. The standard InChI is InChI=1S/C17H20ClN3O3/c1-3-15-14(17(24)20(2)9-5-8-16(22)23)11-19-21(15)13-7-4-6-12(18)10-13/h4,6-7,10-11H,3,5,8-9H2,1-2H3,(H,22,23). The summed E-state index contributed by atoms with van der Waals surface area (Å²) in [6.07, 6.45) is 2.65. The molecule has 0 aliphatic rings. The third-order valence-corrected chi connectivity index (χ3v) is 3.95. The van der Waals surface area contributed by atoms with Crippen LogP contribution in [0.1, 0.15) is 35.8 Å². The van der Waals surface area contributed by atoms with E-state index in [4.69, 9.17) is 16.7 Å². The molecule has 24 heavy (non-hydrogen) atoms. The van der Waals surface area contributed by atoms with Crippen LogP contribution in [0.4, 0.5) is 0 Å². The fourth-order valence-electron chi connectivity index (χ4n) is 2.50. The van der Waals surface area contributed by atoms with Crippen molar-refractivity contribution in [1.29, 1.82) is 0 Å². The van der Waals surface area contributed by atoms with Crippen molar-refractivity contribution in [2.45, 2.75) is 26.2 Å². The van der Waals surface area contributed by atoms with E-state index in [0.29, 0.717) is 30.0 Å². The molecule has 0 fully saturated rings. The van der Waals surface area contributed by atoms with Gasteiger partial charge in [0.05, 0.1) is 23.1 Å². The molecule has 0 radical (unpaired) electrons. The van der Waals surface area contributed by atoms with E-state index in [2.05, 4.69) is 5.10 Å². The lowest BCUT2D eigenvalue weighted by atomic mass is 10.1. The smallest absolute Gasteiger partial charge is 0.303 e. The van der Waals surface area contributed by atoms with Crippen molar-refractivity contribution in [3.05, 3.63) is 46.7 Å². The molecule has 0 saturated heterocycles. The zero-order valence-electron chi connectivity index (χ0n) is 13.7. The number of halogens is 1. The van der Waals surface area contributed by atoms with Gasteiger partial charge in [-0.25, -0.2) is 4.68 Å². The Balaban J connectivity index is 2.22. The van der Waals surface area contributed by atoms with Crippen LogP contribution in [0.25, 0.3) is 5.69 Å². The molecule has 2 rings (SSSR count). The Labute approximate surface area is 145 Å². The van der Waals surface area contributed by atoms with E-state index in [1.807, 2.05) is 19.1 Å². The summed E-state index contributed by atoms with van der Waals surface area (Å²) in [6.45, 7) is 2.34. The molecule has 0 unspecified atom stereocenters. The minimum Gasteiger partial charge on any atom is -0.481 e. The molecule has 1 N–H and O–H groups in total. The summed E-state index contributed by atoms with van der Waals surface area (Å²) in [5.74, 6) is -1.02. The van der Waals surface area contributed by atoms with Crippen LogP contribution in [0.5, 0.6) is 0 Å². The topological polar surface area (TPSA) is 75.4 Å². The van der Waals surface area contributed by atoms with Gasteiger partial charge in [-0.05, 0) is 31.0 Å². The first-order valence-corrected chi connectivity index (χ1v) is 8.12. The first kappa shape index (κ1) is 18.0. The minimum atomic E-state index is -0.862. The zero-order chi connectivity index (χ0) is 17.7. The van der Waals surface area contributed by atoms with Gasteiger partial charge < -0.3 is 10.0 Å². The van der Waals surface area contributed by atoms with E-state index in [0.717, 1.165) is 11.4 Å². The highest BCUT2D eigenvalue weighted by atomic mass is 35.5. The molecule has 6 nitrogen and oxygen atoms in total. The molecule has 128 valence electrons. The summed E-state index contributed by atoms with van der Waals surface area (Å²) in [5.41, 5.74) is 2.12. The fraction of sp³-hybridized carbons (Fsp3) is 0.353. The molecule has 2 aromatic rings. The average Bonchev–Trinajstić information content (AvgIpc) is 2.97. The van der Waals surface area contributed by atoms with Gasteiger partial charge in [0.1, 0.15) is 0 Å². The summed E-state index contributed by atoms with van der Waals surface area (Å²) in [4.78, 5) is 24.7. The highest BCUT2D eigenvalue weighted by molar-refractivity contribution is 6.30. The monoisotopic (exact) mass is 349 g/mol. The highest BCUT2D eigenvalue weighted by Gasteiger charge is 2.20. The largest absolute Gasteiger partial charge is 0.481 e. The van der Waals surface area contributed by atoms with Crippen LogP contribution in [0, 0.1) is 0 Å². The molecular formula is C17H20ClN3O3. The number of carbonyl (C=O) groups excluding carboxylic acids is 1. The Morgan fingerprint density at radius 1 is 1.38 bits per heavy atom. The van der Waals surface area contributed by atoms with Gasteiger partial charge in [0.2, 0.25) is 0 Å². The number of hydrogen-bond acceptors (Lipinski definition) is 3. The maximum absolute atomic E-state index is 12.6. The van der Waals surface area contributed by atoms with Gasteiger partial charge in [0, 0.05) is 25.0 Å². The Kier molecular flexibility index (Phi) is 5.98. The highest BCUT2D eigenvalue weighted by Crippen LogP contribution is 2.20. The molecule has 1 aromatic carbocycles. The molecule has 1 heterocycles. The van der Waals surface area contributed by atoms with Gasteiger partial charge in [-0.1, -0.05) is 24.6 Å². The normalized spacial score (nSPS) is 10.6. The number of carboxylic acid groups (broad SMARTS) is 1. The third kappa shape index (κ3) is 4.14. The van der Waals surface area contributed by atoms with Crippen molar-refractivity contribution in [3.8, 4) is 5.69 Å². The molecule has 0 atom stereocenters. The molecule has 0 saturated carbocycles. The van der Waals surface area contributed by atoms with Gasteiger partial charge >= 0.3 is 5.97 Å². The van der Waals surface area contributed by atoms with Crippen molar-refractivity contribution in [3.63, 3.8) is 0 Å². The van der Waals surface area contributed by atoms with Gasteiger partial charge in [-0.2, -0.15) is 5.10 Å². The Bertz CT molecular complexity index is 742. The van der Waals surface area contributed by atoms with E-state index in [9.17, 15) is 9.59 Å². The maximum atomic E-state index is 12.6. The Morgan fingerprint density at radius 3 is 2.75 bits per heavy atom. The second-order valence-electron chi connectivity index (χ2n) is 5.47. The van der Waals surface area contributed by atoms with E-state index in [-0.39, 0.29) is 12.3 Å². The SMILES string of the molecule is CCc1c(C(=O)N(C)CCCC(=O)O)cnn1-c1cccc(Cl)c1. The van der Waals surface area contributed by atoms with Gasteiger partial charge in [0.15, 0.2) is 0 Å². The average molecular weight is 350 g/mol. The molecule has 0 bridgehead atoms. The van der Waals surface area contributed by atoms with Crippen LogP contribution in [-0.2, 0) is 11.2 Å². The van der Waals surface area contributed by atoms with Crippen molar-refractivity contribution < 1.29 is 14.7 Å². The van der Waals surface area contributed by atoms with Crippen LogP contribution < -0.4 is 0 Å². The van der Waals surface area contributed by atoms with Crippen LogP contribution in [-0.4, -0.2) is 45.3 Å². The number of rotatable bonds is 7. The lowest BCUT2D eigenvalue weighted by Crippen LogP contribution is -2.28. The Hall–Kier alpha value is -2.34. The maximum Gasteiger partial charge on any atom is 0.303 e. The minimum absolute atomic E-state index is 0.0417. The summed E-state index contributed by atoms with van der Waals surface area (Å²) in [6, 6.07) is 7.28. The number of carboxylic acids is 1. The molecule has 7 heteroatoms. The molecular weight excluding hydrogens is 330 g/mol. The van der Waals surface area contributed by atoms with Crippen LogP contribution in [0.15, 0.2) is 30.5 Å². The number of carbonyl (C=O) groups is 2. The quantitative estimate of drug-likeness (QED) is 0.833. The number of aromatic nitrogens is 2. The molecule has 1 amide bonds. The third-order valence-electron chi connectivity index (χ3n) is 3.72. The van der Waals surface area contributed by atoms with Gasteiger partial charge in [-0.3, -0.25) is 9.59 Å². The molecule has 0 spiro atoms. The second-order valence-corrected chi connectivity index (χ2v) is 5.91. The number of benzene rings is 1. The Morgan fingerprint density at radius 2 is 2.12 bits per heavy atom. The zero-order valence-corrected chi connectivity index (χ0v) is 14.5. The summed E-state index contributed by atoms with van der Waals surface area (Å²) in [7, 11) is 1.67. The molecule has 0 aliphatic carbocycles. The predicted molar refractivity (Wildman–Crippen MR) is 91.8 cm³/mol. The van der Waals surface area contributed by atoms with E-state index < -0.39 is 5.97 Å². The van der Waals surface area contributed by atoms with Crippen molar-refractivity contribution >= 4 is 23.5 Å². The van der Waals surface area contributed by atoms with Crippen molar-refractivity contribution in [2.75, 3.05) is 13.6 Å². The summed E-state index contributed by atoms with van der Waals surface area (Å²) >= 11 is 6.03. The van der Waals surface area contributed by atoms with Crippen LogP contribution in [0.3, 0.4) is 0 Å². The number of aliphatic carboxylic acids is 1. The predicted octanol–water partition coefficient (Wildman–Crippen LogP) is 3.02. The first-order valence-electron chi connectivity index (χ1n) is 7.74. The molecule has 1 aromatic heterocycles.